The molecule has 9 heteroatoms. The molecule has 0 aliphatic carbocycles. The molecule has 0 bridgehead atoms. The van der Waals surface area contributed by atoms with Crippen LogP contribution in [-0.4, -0.2) is 34.4 Å². The first-order valence-electron chi connectivity index (χ1n) is 9.00. The summed E-state index contributed by atoms with van der Waals surface area (Å²) in [6, 6.07) is 4.98. The van der Waals surface area contributed by atoms with Gasteiger partial charge in [-0.2, -0.15) is 13.2 Å². The second-order valence-electron chi connectivity index (χ2n) is 6.61. The molecule has 2 aromatic rings. The van der Waals surface area contributed by atoms with Crippen LogP contribution in [-0.2, 0) is 17.8 Å². The van der Waals surface area contributed by atoms with Gasteiger partial charge in [-0.25, -0.2) is 4.98 Å². The third kappa shape index (κ3) is 7.17. The Labute approximate surface area is 166 Å². The van der Waals surface area contributed by atoms with Crippen molar-refractivity contribution in [3.05, 3.63) is 52.5 Å². The molecule has 0 radical (unpaired) electrons. The van der Waals surface area contributed by atoms with Gasteiger partial charge < -0.3 is 10.1 Å². The minimum absolute atomic E-state index is 0.0764. The van der Waals surface area contributed by atoms with E-state index in [0.717, 1.165) is 17.5 Å². The Bertz CT molecular complexity index is 898. The Morgan fingerprint density at radius 2 is 1.90 bits per heavy atom. The maximum Gasteiger partial charge on any atom is 0.422 e. The van der Waals surface area contributed by atoms with Gasteiger partial charge in [-0.15, -0.1) is 0 Å². The van der Waals surface area contributed by atoms with Gasteiger partial charge in [0.05, 0.1) is 5.56 Å². The van der Waals surface area contributed by atoms with Crippen molar-refractivity contribution in [3.63, 3.8) is 0 Å². The molecular weight excluding hydrogens is 387 g/mol. The molecule has 0 fully saturated rings. The molecule has 0 aliphatic rings. The number of nitrogens with one attached hydrogen (secondary N) is 1. The quantitative estimate of drug-likeness (QED) is 0.722. The van der Waals surface area contributed by atoms with Crippen LogP contribution in [0.3, 0.4) is 0 Å². The summed E-state index contributed by atoms with van der Waals surface area (Å²) in [5, 5.41) is 2.73. The lowest BCUT2D eigenvalue weighted by Crippen LogP contribution is -2.24. The van der Waals surface area contributed by atoms with Crippen molar-refractivity contribution in [3.8, 4) is 5.88 Å². The highest BCUT2D eigenvalue weighted by molar-refractivity contribution is 5.94. The van der Waals surface area contributed by atoms with Gasteiger partial charge in [0.2, 0.25) is 5.88 Å². The monoisotopic (exact) mass is 409 g/mol. The van der Waals surface area contributed by atoms with Crippen molar-refractivity contribution in [1.29, 1.82) is 0 Å². The van der Waals surface area contributed by atoms with Crippen LogP contribution >= 0.6 is 0 Å². The van der Waals surface area contributed by atoms with Crippen LogP contribution in [0, 0.1) is 13.8 Å². The van der Waals surface area contributed by atoms with Crippen LogP contribution in [0.1, 0.15) is 46.2 Å². The number of hydrogen-bond acceptors (Lipinski definition) is 5. The van der Waals surface area contributed by atoms with Gasteiger partial charge in [0.15, 0.2) is 6.61 Å². The number of aromatic nitrogens is 2. The van der Waals surface area contributed by atoms with Crippen molar-refractivity contribution >= 4 is 11.7 Å². The van der Waals surface area contributed by atoms with Crippen molar-refractivity contribution in [2.75, 3.05) is 6.61 Å². The number of Topliss-reactive ketones (excluding diaryl/α,β-unsaturated/α-hetero) is 1. The topological polar surface area (TPSA) is 81.2 Å². The third-order valence-electron chi connectivity index (χ3n) is 3.96. The van der Waals surface area contributed by atoms with Gasteiger partial charge in [-0.3, -0.25) is 14.6 Å². The maximum atomic E-state index is 12.4. The summed E-state index contributed by atoms with van der Waals surface area (Å²) in [5.74, 6) is -0.523. The van der Waals surface area contributed by atoms with E-state index in [9.17, 15) is 22.8 Å². The average Bonchev–Trinajstić information content (AvgIpc) is 2.63. The number of amides is 1. The number of ether oxygens (including phenoxy) is 1. The Hall–Kier alpha value is -2.97. The predicted octanol–water partition coefficient (Wildman–Crippen LogP) is 3.49. The highest BCUT2D eigenvalue weighted by Gasteiger charge is 2.29. The second-order valence-corrected chi connectivity index (χ2v) is 6.61. The number of hydrogen-bond donors (Lipinski definition) is 1. The maximum absolute atomic E-state index is 12.4. The largest absolute Gasteiger partial charge is 0.468 e. The minimum atomic E-state index is -4.46. The van der Waals surface area contributed by atoms with E-state index >= 15 is 0 Å². The zero-order valence-electron chi connectivity index (χ0n) is 16.4. The van der Waals surface area contributed by atoms with Crippen LogP contribution < -0.4 is 10.1 Å². The summed E-state index contributed by atoms with van der Waals surface area (Å²) < 4.78 is 41.4. The number of carbonyl (C=O) groups is 2. The third-order valence-corrected chi connectivity index (χ3v) is 3.96. The second kappa shape index (κ2) is 9.49. The van der Waals surface area contributed by atoms with E-state index in [1.54, 1.807) is 26.0 Å². The van der Waals surface area contributed by atoms with E-state index in [1.165, 1.54) is 13.0 Å². The highest BCUT2D eigenvalue weighted by Crippen LogP contribution is 2.20. The molecule has 29 heavy (non-hydrogen) atoms. The molecule has 0 unspecified atom stereocenters. The lowest BCUT2D eigenvalue weighted by molar-refractivity contribution is -0.154. The molecule has 2 rings (SSSR count). The van der Waals surface area contributed by atoms with Gasteiger partial charge in [-0.1, -0.05) is 6.92 Å². The van der Waals surface area contributed by atoms with Gasteiger partial charge in [-0.05, 0) is 37.6 Å². The highest BCUT2D eigenvalue weighted by atomic mass is 19.4. The Morgan fingerprint density at radius 1 is 1.17 bits per heavy atom. The molecular formula is C20H22F3N3O3. The molecule has 156 valence electrons. The normalized spacial score (nSPS) is 11.2. The standard InChI is InChI=1S/C20H22F3N3O3/c1-4-17(27)8-16-7-14(6-13(3)26-16)9-24-18(28)15-5-12(2)19(25-10-15)29-11-20(21,22)23/h5-7,10H,4,8-9,11H2,1-3H3,(H,24,28). The predicted molar refractivity (Wildman–Crippen MR) is 99.7 cm³/mol. The van der Waals surface area contributed by atoms with Crippen LogP contribution in [0.25, 0.3) is 0 Å². The Morgan fingerprint density at radius 3 is 2.52 bits per heavy atom. The van der Waals surface area contributed by atoms with Crippen molar-refractivity contribution in [2.24, 2.45) is 0 Å². The summed E-state index contributed by atoms with van der Waals surface area (Å²) in [6.45, 7) is 3.86. The van der Waals surface area contributed by atoms with E-state index in [2.05, 4.69) is 20.0 Å². The molecule has 6 nitrogen and oxygen atoms in total. The molecule has 0 aliphatic heterocycles. The number of alkyl halides is 3. The molecule has 0 saturated heterocycles. The van der Waals surface area contributed by atoms with Crippen LogP contribution in [0.5, 0.6) is 5.88 Å². The number of ketones is 1. The number of carbonyl (C=O) groups excluding carboxylic acids is 2. The molecule has 2 aromatic heterocycles. The number of aryl methyl sites for hydroxylation is 2. The summed E-state index contributed by atoms with van der Waals surface area (Å²) in [7, 11) is 0. The van der Waals surface area contributed by atoms with E-state index in [0.29, 0.717) is 17.7 Å². The van der Waals surface area contributed by atoms with E-state index in [4.69, 9.17) is 0 Å². The SMILES string of the molecule is CCC(=O)Cc1cc(CNC(=O)c2cnc(OCC(F)(F)F)c(C)c2)cc(C)n1. The lowest BCUT2D eigenvalue weighted by Gasteiger charge is -2.12. The Kier molecular flexibility index (Phi) is 7.30. The van der Waals surface area contributed by atoms with E-state index < -0.39 is 18.7 Å². The van der Waals surface area contributed by atoms with Gasteiger partial charge in [0, 0.05) is 42.5 Å². The molecule has 2 heterocycles. The summed E-state index contributed by atoms with van der Waals surface area (Å²) in [6.07, 6.45) is -2.64. The first kappa shape index (κ1) is 22.3. The summed E-state index contributed by atoms with van der Waals surface area (Å²) >= 11 is 0. The molecule has 1 N–H and O–H groups in total. The van der Waals surface area contributed by atoms with Crippen molar-refractivity contribution in [1.82, 2.24) is 15.3 Å². The van der Waals surface area contributed by atoms with Gasteiger partial charge in [0.1, 0.15) is 5.78 Å². The zero-order chi connectivity index (χ0) is 21.6. The first-order valence-corrected chi connectivity index (χ1v) is 9.00. The Balaban J connectivity index is 2.02. The minimum Gasteiger partial charge on any atom is -0.468 e. The summed E-state index contributed by atoms with van der Waals surface area (Å²) in [4.78, 5) is 32.1. The average molecular weight is 409 g/mol. The summed E-state index contributed by atoms with van der Waals surface area (Å²) in [5.41, 5.74) is 2.69. The fourth-order valence-corrected chi connectivity index (χ4v) is 2.61. The number of pyridine rings is 2. The van der Waals surface area contributed by atoms with Gasteiger partial charge in [0.25, 0.3) is 5.91 Å². The molecule has 0 aromatic carbocycles. The number of halogens is 3. The van der Waals surface area contributed by atoms with E-state index in [1.807, 2.05) is 0 Å². The van der Waals surface area contributed by atoms with E-state index in [-0.39, 0.29) is 30.2 Å². The van der Waals surface area contributed by atoms with Crippen molar-refractivity contribution < 1.29 is 27.5 Å². The van der Waals surface area contributed by atoms with Gasteiger partial charge >= 0.3 is 6.18 Å². The fourth-order valence-electron chi connectivity index (χ4n) is 2.61. The molecule has 1 amide bonds. The lowest BCUT2D eigenvalue weighted by atomic mass is 10.1. The van der Waals surface area contributed by atoms with Crippen LogP contribution in [0.4, 0.5) is 13.2 Å². The van der Waals surface area contributed by atoms with Crippen LogP contribution in [0.2, 0.25) is 0 Å². The van der Waals surface area contributed by atoms with Crippen LogP contribution in [0.15, 0.2) is 24.4 Å². The van der Waals surface area contributed by atoms with Crippen molar-refractivity contribution in [2.45, 2.75) is 46.3 Å². The number of rotatable bonds is 8. The first-order chi connectivity index (χ1) is 13.6. The molecule has 0 atom stereocenters. The molecule has 0 saturated carbocycles. The number of nitrogens with zero attached hydrogens (tertiary/aromatic N) is 2. The fraction of sp³-hybridized carbons (Fsp3) is 0.400. The molecule has 0 spiro atoms. The zero-order valence-corrected chi connectivity index (χ0v) is 16.4. The smallest absolute Gasteiger partial charge is 0.422 e.